The fourth-order valence-corrected chi connectivity index (χ4v) is 1.39. The maximum atomic E-state index is 11.9. The summed E-state index contributed by atoms with van der Waals surface area (Å²) in [6.45, 7) is 2.44. The van der Waals surface area contributed by atoms with Gasteiger partial charge in [-0.1, -0.05) is 31.5 Å². The third kappa shape index (κ3) is 5.38. The molecular weight excluding hydrogens is 242 g/mol. The first-order valence-electron chi connectivity index (χ1n) is 6.32. The lowest BCUT2D eigenvalue weighted by Gasteiger charge is -2.11. The summed E-state index contributed by atoms with van der Waals surface area (Å²) >= 11 is 0. The zero-order valence-electron chi connectivity index (χ0n) is 11.3. The standard InChI is InChI=1S/C15H19NO3/c1-3-4-12-19-14(17)10-11-16(2)15(18)13-8-6-5-7-9-13/h5-11H,3-4,12H2,1-2H3/b11-10+. The molecule has 4 heteroatoms. The predicted octanol–water partition coefficient (Wildman–Crippen LogP) is 2.62. The van der Waals surface area contributed by atoms with Gasteiger partial charge in [0.1, 0.15) is 0 Å². The van der Waals surface area contributed by atoms with Gasteiger partial charge in [0.05, 0.1) is 6.61 Å². The lowest BCUT2D eigenvalue weighted by atomic mass is 10.2. The van der Waals surface area contributed by atoms with Crippen LogP contribution in [0.1, 0.15) is 30.1 Å². The second kappa shape index (κ2) is 8.08. The molecule has 1 rings (SSSR count). The largest absolute Gasteiger partial charge is 0.462 e. The van der Waals surface area contributed by atoms with E-state index in [0.717, 1.165) is 12.8 Å². The zero-order chi connectivity index (χ0) is 14.1. The van der Waals surface area contributed by atoms with E-state index in [-0.39, 0.29) is 5.91 Å². The molecule has 0 saturated carbocycles. The Kier molecular flexibility index (Phi) is 6.36. The molecule has 0 atom stereocenters. The third-order valence-electron chi connectivity index (χ3n) is 2.52. The summed E-state index contributed by atoms with van der Waals surface area (Å²) < 4.78 is 4.95. The minimum Gasteiger partial charge on any atom is -0.462 e. The van der Waals surface area contributed by atoms with Gasteiger partial charge in [-0.3, -0.25) is 4.79 Å². The number of hydrogen-bond acceptors (Lipinski definition) is 3. The number of benzene rings is 1. The molecule has 0 aromatic heterocycles. The van der Waals surface area contributed by atoms with Crippen LogP contribution in [-0.4, -0.2) is 30.4 Å². The van der Waals surface area contributed by atoms with Crippen molar-refractivity contribution in [2.24, 2.45) is 0 Å². The first kappa shape index (κ1) is 15.0. The molecule has 0 unspecified atom stereocenters. The Hall–Kier alpha value is -2.10. The lowest BCUT2D eigenvalue weighted by Crippen LogP contribution is -2.21. The van der Waals surface area contributed by atoms with E-state index in [2.05, 4.69) is 0 Å². The average Bonchev–Trinajstić information content (AvgIpc) is 2.45. The number of hydrogen-bond donors (Lipinski definition) is 0. The second-order valence-corrected chi connectivity index (χ2v) is 4.12. The average molecular weight is 261 g/mol. The number of unbranched alkanes of at least 4 members (excludes halogenated alkanes) is 1. The molecule has 0 bridgehead atoms. The molecule has 102 valence electrons. The highest BCUT2D eigenvalue weighted by Crippen LogP contribution is 2.03. The summed E-state index contributed by atoms with van der Waals surface area (Å²) in [6, 6.07) is 8.89. The summed E-state index contributed by atoms with van der Waals surface area (Å²) in [7, 11) is 1.60. The van der Waals surface area contributed by atoms with E-state index in [9.17, 15) is 9.59 Å². The van der Waals surface area contributed by atoms with Gasteiger partial charge in [0, 0.05) is 24.9 Å². The number of rotatable bonds is 6. The van der Waals surface area contributed by atoms with E-state index < -0.39 is 5.97 Å². The molecule has 1 amide bonds. The van der Waals surface area contributed by atoms with Gasteiger partial charge in [0.25, 0.3) is 5.91 Å². The Morgan fingerprint density at radius 1 is 1.26 bits per heavy atom. The molecule has 0 heterocycles. The van der Waals surface area contributed by atoms with Crippen molar-refractivity contribution in [1.29, 1.82) is 0 Å². The molecule has 0 aliphatic heterocycles. The van der Waals surface area contributed by atoms with Gasteiger partial charge in [0.2, 0.25) is 0 Å². The summed E-state index contributed by atoms with van der Waals surface area (Å²) in [6.07, 6.45) is 4.50. The zero-order valence-corrected chi connectivity index (χ0v) is 11.3. The summed E-state index contributed by atoms with van der Waals surface area (Å²) in [5.74, 6) is -0.598. The quantitative estimate of drug-likeness (QED) is 0.449. The van der Waals surface area contributed by atoms with Crippen LogP contribution < -0.4 is 0 Å². The predicted molar refractivity (Wildman–Crippen MR) is 73.5 cm³/mol. The van der Waals surface area contributed by atoms with Crippen molar-refractivity contribution in [2.75, 3.05) is 13.7 Å². The smallest absolute Gasteiger partial charge is 0.332 e. The van der Waals surface area contributed by atoms with Crippen molar-refractivity contribution >= 4 is 11.9 Å². The molecule has 1 aromatic rings. The topological polar surface area (TPSA) is 46.6 Å². The minimum atomic E-state index is -0.429. The second-order valence-electron chi connectivity index (χ2n) is 4.12. The number of ether oxygens (including phenoxy) is 1. The fourth-order valence-electron chi connectivity index (χ4n) is 1.39. The first-order valence-corrected chi connectivity index (χ1v) is 6.32. The molecule has 0 N–H and O–H groups in total. The van der Waals surface area contributed by atoms with E-state index in [1.54, 1.807) is 31.3 Å². The minimum absolute atomic E-state index is 0.168. The van der Waals surface area contributed by atoms with Crippen molar-refractivity contribution in [3.05, 3.63) is 48.2 Å². The van der Waals surface area contributed by atoms with Crippen LogP contribution in [0.15, 0.2) is 42.6 Å². The van der Waals surface area contributed by atoms with Crippen molar-refractivity contribution in [1.82, 2.24) is 4.90 Å². The number of nitrogens with zero attached hydrogens (tertiary/aromatic N) is 1. The van der Waals surface area contributed by atoms with Crippen LogP contribution in [0.5, 0.6) is 0 Å². The SMILES string of the molecule is CCCCOC(=O)/C=C/N(C)C(=O)c1ccccc1. The van der Waals surface area contributed by atoms with Gasteiger partial charge in [0.15, 0.2) is 0 Å². The summed E-state index contributed by atoms with van der Waals surface area (Å²) in [4.78, 5) is 24.6. The highest BCUT2D eigenvalue weighted by molar-refractivity contribution is 5.95. The van der Waals surface area contributed by atoms with Gasteiger partial charge < -0.3 is 9.64 Å². The number of esters is 1. The Labute approximate surface area is 113 Å². The van der Waals surface area contributed by atoms with Crippen molar-refractivity contribution < 1.29 is 14.3 Å². The molecule has 4 nitrogen and oxygen atoms in total. The van der Waals surface area contributed by atoms with E-state index in [0.29, 0.717) is 12.2 Å². The van der Waals surface area contributed by atoms with E-state index in [1.807, 2.05) is 13.0 Å². The van der Waals surface area contributed by atoms with Crippen molar-refractivity contribution in [2.45, 2.75) is 19.8 Å². The van der Waals surface area contributed by atoms with Crippen LogP contribution >= 0.6 is 0 Å². The van der Waals surface area contributed by atoms with Crippen LogP contribution in [0.4, 0.5) is 0 Å². The Morgan fingerprint density at radius 2 is 1.95 bits per heavy atom. The van der Waals surface area contributed by atoms with Crippen LogP contribution in [0.2, 0.25) is 0 Å². The highest BCUT2D eigenvalue weighted by atomic mass is 16.5. The molecule has 0 saturated heterocycles. The fraction of sp³-hybridized carbons (Fsp3) is 0.333. The first-order chi connectivity index (χ1) is 9.15. The molecule has 0 aliphatic rings. The van der Waals surface area contributed by atoms with Crippen LogP contribution in [0, 0.1) is 0 Å². The van der Waals surface area contributed by atoms with E-state index in [4.69, 9.17) is 4.74 Å². The lowest BCUT2D eigenvalue weighted by molar-refractivity contribution is -0.137. The van der Waals surface area contributed by atoms with Gasteiger partial charge >= 0.3 is 5.97 Å². The Bertz CT molecular complexity index is 440. The normalized spacial score (nSPS) is 10.4. The molecule has 0 spiro atoms. The van der Waals surface area contributed by atoms with Crippen molar-refractivity contribution in [3.63, 3.8) is 0 Å². The number of amides is 1. The van der Waals surface area contributed by atoms with Gasteiger partial charge in [-0.2, -0.15) is 0 Å². The molecule has 0 fully saturated rings. The van der Waals surface area contributed by atoms with Crippen LogP contribution in [0.3, 0.4) is 0 Å². The number of carbonyl (C=O) groups is 2. The Morgan fingerprint density at radius 3 is 2.58 bits per heavy atom. The van der Waals surface area contributed by atoms with Crippen LogP contribution in [0.25, 0.3) is 0 Å². The number of carbonyl (C=O) groups excluding carboxylic acids is 2. The maximum absolute atomic E-state index is 11.9. The van der Waals surface area contributed by atoms with E-state index in [1.165, 1.54) is 17.2 Å². The van der Waals surface area contributed by atoms with Gasteiger partial charge in [-0.25, -0.2) is 4.79 Å². The van der Waals surface area contributed by atoms with Crippen molar-refractivity contribution in [3.8, 4) is 0 Å². The molecular formula is C15H19NO3. The Balaban J connectivity index is 2.48. The summed E-state index contributed by atoms with van der Waals surface area (Å²) in [5.41, 5.74) is 0.578. The highest BCUT2D eigenvalue weighted by Gasteiger charge is 2.08. The van der Waals surface area contributed by atoms with Gasteiger partial charge in [-0.05, 0) is 18.6 Å². The summed E-state index contributed by atoms with van der Waals surface area (Å²) in [5, 5.41) is 0. The van der Waals surface area contributed by atoms with E-state index >= 15 is 0 Å². The molecule has 0 radical (unpaired) electrons. The monoisotopic (exact) mass is 261 g/mol. The van der Waals surface area contributed by atoms with Gasteiger partial charge in [-0.15, -0.1) is 0 Å². The molecule has 1 aromatic carbocycles. The van der Waals surface area contributed by atoms with Crippen LogP contribution in [-0.2, 0) is 9.53 Å². The maximum Gasteiger partial charge on any atom is 0.332 e. The molecule has 19 heavy (non-hydrogen) atoms. The third-order valence-corrected chi connectivity index (χ3v) is 2.52. The molecule has 0 aliphatic carbocycles.